The van der Waals surface area contributed by atoms with Crippen molar-refractivity contribution in [1.82, 2.24) is 0 Å². The Bertz CT molecular complexity index is 1120. The number of hydrogen-bond donors (Lipinski definition) is 4. The highest BCUT2D eigenvalue weighted by atomic mass is 16.4. The highest BCUT2D eigenvalue weighted by Gasteiger charge is 2.17. The molecule has 0 aromatic heterocycles. The zero-order chi connectivity index (χ0) is 24.1. The maximum absolute atomic E-state index is 11.5. The Kier molecular flexibility index (Phi) is 6.73. The molecule has 0 spiro atoms. The van der Waals surface area contributed by atoms with Gasteiger partial charge in [-0.2, -0.15) is 0 Å². The van der Waals surface area contributed by atoms with Crippen molar-refractivity contribution in [2.75, 3.05) is 4.90 Å². The molecule has 168 valence electrons. The number of rotatable bonds is 9. The Morgan fingerprint density at radius 1 is 0.515 bits per heavy atom. The first-order chi connectivity index (χ1) is 15.6. The Morgan fingerprint density at radius 2 is 0.848 bits per heavy atom. The summed E-state index contributed by atoms with van der Waals surface area (Å²) in [6.07, 6.45) is 0. The second-order valence-corrected chi connectivity index (χ2v) is 7.24. The van der Waals surface area contributed by atoms with Crippen molar-refractivity contribution in [3.63, 3.8) is 0 Å². The van der Waals surface area contributed by atoms with Gasteiger partial charge in [0, 0.05) is 18.8 Å². The highest BCUT2D eigenvalue weighted by Crippen LogP contribution is 2.24. The summed E-state index contributed by atoms with van der Waals surface area (Å²) < 4.78 is 0. The Hall–Kier alpha value is -4.66. The molecule has 0 amide bonds. The monoisotopic (exact) mass is 449 g/mol. The van der Waals surface area contributed by atoms with Gasteiger partial charge in [0.25, 0.3) is 0 Å². The molecule has 9 nitrogen and oxygen atoms in total. The van der Waals surface area contributed by atoms with Crippen molar-refractivity contribution < 1.29 is 39.6 Å². The molecule has 0 aliphatic heterocycles. The van der Waals surface area contributed by atoms with E-state index in [4.69, 9.17) is 10.2 Å². The molecule has 0 fully saturated rings. The predicted molar refractivity (Wildman–Crippen MR) is 117 cm³/mol. The number of carbonyl (C=O) groups is 4. The van der Waals surface area contributed by atoms with Crippen LogP contribution < -0.4 is 4.90 Å². The van der Waals surface area contributed by atoms with Crippen LogP contribution in [0.3, 0.4) is 0 Å². The highest BCUT2D eigenvalue weighted by molar-refractivity contribution is 5.95. The summed E-state index contributed by atoms with van der Waals surface area (Å²) in [4.78, 5) is 47.0. The summed E-state index contributed by atoms with van der Waals surface area (Å²) >= 11 is 0. The number of benzene rings is 3. The smallest absolute Gasteiger partial charge is 0.335 e. The van der Waals surface area contributed by atoms with Crippen molar-refractivity contribution in [2.45, 2.75) is 13.1 Å². The summed E-state index contributed by atoms with van der Waals surface area (Å²) in [6, 6.07) is 16.0. The van der Waals surface area contributed by atoms with Gasteiger partial charge in [0.1, 0.15) is 0 Å². The number of nitrogens with zero attached hydrogens (tertiary/aromatic N) is 1. The molecule has 3 aromatic carbocycles. The van der Waals surface area contributed by atoms with Crippen LogP contribution in [-0.2, 0) is 13.1 Å². The molecule has 0 heterocycles. The number of hydrogen-bond acceptors (Lipinski definition) is 5. The normalized spacial score (nSPS) is 10.4. The van der Waals surface area contributed by atoms with E-state index in [-0.39, 0.29) is 35.3 Å². The molecule has 0 atom stereocenters. The molecule has 0 saturated heterocycles. The molecule has 0 saturated carbocycles. The van der Waals surface area contributed by atoms with Crippen LogP contribution in [0.1, 0.15) is 52.6 Å². The Labute approximate surface area is 187 Å². The van der Waals surface area contributed by atoms with Crippen LogP contribution in [0.2, 0.25) is 0 Å². The Balaban J connectivity index is 2.02. The lowest BCUT2D eigenvalue weighted by atomic mass is 10.1. The molecular weight excluding hydrogens is 430 g/mol. The maximum Gasteiger partial charge on any atom is 0.335 e. The minimum atomic E-state index is -1.28. The van der Waals surface area contributed by atoms with E-state index in [2.05, 4.69) is 0 Å². The second kappa shape index (κ2) is 9.65. The number of anilines is 1. The SMILES string of the molecule is O=C(O)c1ccc(CN(Cc2ccc(C(=O)O)cc2)c2cc(C(=O)O)cc(C(=O)O)c2)cc1. The molecule has 0 unspecified atom stereocenters. The summed E-state index contributed by atoms with van der Waals surface area (Å²) in [7, 11) is 0. The summed E-state index contributed by atoms with van der Waals surface area (Å²) in [6.45, 7) is 0.422. The molecule has 0 radical (unpaired) electrons. The van der Waals surface area contributed by atoms with Crippen molar-refractivity contribution in [1.29, 1.82) is 0 Å². The minimum Gasteiger partial charge on any atom is -0.478 e. The van der Waals surface area contributed by atoms with Gasteiger partial charge in [-0.25, -0.2) is 19.2 Å². The fraction of sp³-hybridized carbons (Fsp3) is 0.0833. The van der Waals surface area contributed by atoms with E-state index in [0.717, 1.165) is 6.07 Å². The van der Waals surface area contributed by atoms with Gasteiger partial charge in [0.15, 0.2) is 0 Å². The lowest BCUT2D eigenvalue weighted by molar-refractivity contribution is 0.0680. The third-order valence-electron chi connectivity index (χ3n) is 4.93. The molecular formula is C24H19NO8. The van der Waals surface area contributed by atoms with Crippen molar-refractivity contribution in [3.8, 4) is 0 Å². The van der Waals surface area contributed by atoms with Gasteiger partial charge in [-0.15, -0.1) is 0 Å². The zero-order valence-corrected chi connectivity index (χ0v) is 17.1. The van der Waals surface area contributed by atoms with Crippen molar-refractivity contribution in [3.05, 3.63) is 100 Å². The first-order valence-corrected chi connectivity index (χ1v) is 9.65. The van der Waals surface area contributed by atoms with E-state index >= 15 is 0 Å². The largest absolute Gasteiger partial charge is 0.478 e. The van der Waals surface area contributed by atoms with E-state index < -0.39 is 23.9 Å². The number of aromatic carboxylic acids is 4. The molecule has 33 heavy (non-hydrogen) atoms. The molecule has 4 N–H and O–H groups in total. The molecule has 3 rings (SSSR count). The van der Waals surface area contributed by atoms with Crippen LogP contribution in [0.4, 0.5) is 5.69 Å². The zero-order valence-electron chi connectivity index (χ0n) is 17.1. The van der Waals surface area contributed by atoms with Crippen LogP contribution in [-0.4, -0.2) is 44.3 Å². The fourth-order valence-corrected chi connectivity index (χ4v) is 3.23. The first kappa shape index (κ1) is 23.0. The minimum absolute atomic E-state index is 0.107. The van der Waals surface area contributed by atoms with E-state index in [1.54, 1.807) is 29.2 Å². The van der Waals surface area contributed by atoms with Gasteiger partial charge in [0.2, 0.25) is 0 Å². The summed E-state index contributed by atoms with van der Waals surface area (Å²) in [5, 5.41) is 37.0. The van der Waals surface area contributed by atoms with E-state index in [9.17, 15) is 29.4 Å². The van der Waals surface area contributed by atoms with Gasteiger partial charge >= 0.3 is 23.9 Å². The van der Waals surface area contributed by atoms with Crippen LogP contribution in [0.25, 0.3) is 0 Å². The average Bonchev–Trinajstić information content (AvgIpc) is 2.79. The third kappa shape index (κ3) is 5.73. The number of carboxylic acids is 4. The summed E-state index contributed by atoms with van der Waals surface area (Å²) in [5.41, 5.74) is 1.57. The second-order valence-electron chi connectivity index (χ2n) is 7.24. The van der Waals surface area contributed by atoms with Crippen molar-refractivity contribution >= 4 is 29.6 Å². The topological polar surface area (TPSA) is 152 Å². The lowest BCUT2D eigenvalue weighted by Gasteiger charge is -2.26. The molecule has 0 bridgehead atoms. The van der Waals surface area contributed by atoms with Crippen LogP contribution in [0, 0.1) is 0 Å². The lowest BCUT2D eigenvalue weighted by Crippen LogP contribution is -2.23. The summed E-state index contributed by atoms with van der Waals surface area (Å²) in [5.74, 6) is -4.71. The average molecular weight is 449 g/mol. The quantitative estimate of drug-likeness (QED) is 0.383. The maximum atomic E-state index is 11.5. The molecule has 0 aliphatic carbocycles. The van der Waals surface area contributed by atoms with Gasteiger partial charge in [-0.1, -0.05) is 24.3 Å². The number of carboxylic acid groups (broad SMARTS) is 4. The third-order valence-corrected chi connectivity index (χ3v) is 4.93. The van der Waals surface area contributed by atoms with Crippen LogP contribution in [0.15, 0.2) is 66.7 Å². The van der Waals surface area contributed by atoms with Crippen molar-refractivity contribution in [2.24, 2.45) is 0 Å². The van der Waals surface area contributed by atoms with E-state index in [1.807, 2.05) is 0 Å². The van der Waals surface area contributed by atoms with E-state index in [0.29, 0.717) is 16.8 Å². The predicted octanol–water partition coefficient (Wildman–Crippen LogP) is 3.69. The fourth-order valence-electron chi connectivity index (χ4n) is 3.23. The van der Waals surface area contributed by atoms with Gasteiger partial charge in [-0.3, -0.25) is 0 Å². The first-order valence-electron chi connectivity index (χ1n) is 9.65. The van der Waals surface area contributed by atoms with Crippen LogP contribution >= 0.6 is 0 Å². The molecule has 0 aliphatic rings. The molecule has 3 aromatic rings. The Morgan fingerprint density at radius 3 is 1.15 bits per heavy atom. The standard InChI is InChI=1S/C24H19NO8/c26-21(27)16-5-1-14(2-6-16)12-25(13-15-3-7-17(8-4-15)22(28)29)20-10-18(23(30)31)9-19(11-20)24(32)33/h1-11H,12-13H2,(H,26,27)(H,28,29)(H,30,31)(H,32,33). The van der Waals surface area contributed by atoms with Gasteiger partial charge in [0.05, 0.1) is 22.3 Å². The molecule has 9 heteroatoms. The van der Waals surface area contributed by atoms with Gasteiger partial charge < -0.3 is 25.3 Å². The van der Waals surface area contributed by atoms with E-state index in [1.165, 1.54) is 36.4 Å². The van der Waals surface area contributed by atoms with Gasteiger partial charge in [-0.05, 0) is 53.6 Å². The van der Waals surface area contributed by atoms with Crippen LogP contribution in [0.5, 0.6) is 0 Å².